The van der Waals surface area contributed by atoms with E-state index in [1.165, 1.54) is 0 Å². The first-order chi connectivity index (χ1) is 8.09. The molecule has 1 unspecified atom stereocenters. The van der Waals surface area contributed by atoms with Crippen molar-refractivity contribution in [1.29, 1.82) is 0 Å². The second-order valence-electron chi connectivity index (χ2n) is 3.61. The Balaban J connectivity index is 2.48. The molecular formula is C12H11BrN2O2. The van der Waals surface area contributed by atoms with E-state index in [0.29, 0.717) is 11.3 Å². The fraction of sp³-hybridized carbons (Fsp3) is 0.167. The number of fused-ring (bicyclic) bond motifs is 1. The van der Waals surface area contributed by atoms with E-state index in [1.807, 2.05) is 18.2 Å². The van der Waals surface area contributed by atoms with E-state index in [9.17, 15) is 4.79 Å². The molecule has 5 heteroatoms. The summed E-state index contributed by atoms with van der Waals surface area (Å²) >= 11 is 3.44. The van der Waals surface area contributed by atoms with Gasteiger partial charge in [-0.05, 0) is 25.1 Å². The maximum absolute atomic E-state index is 11.0. The third kappa shape index (κ3) is 2.39. The van der Waals surface area contributed by atoms with Crippen LogP contribution in [0.4, 0.5) is 0 Å². The first kappa shape index (κ1) is 11.9. The van der Waals surface area contributed by atoms with Gasteiger partial charge >= 0.3 is 0 Å². The van der Waals surface area contributed by atoms with Crippen LogP contribution in [0.5, 0.6) is 5.75 Å². The normalized spacial score (nSPS) is 12.4. The molecule has 0 aliphatic carbocycles. The zero-order valence-corrected chi connectivity index (χ0v) is 10.8. The topological polar surface area (TPSA) is 65.2 Å². The van der Waals surface area contributed by atoms with E-state index >= 15 is 0 Å². The average molecular weight is 295 g/mol. The highest BCUT2D eigenvalue weighted by atomic mass is 79.9. The number of rotatable bonds is 3. The van der Waals surface area contributed by atoms with Crippen LogP contribution >= 0.6 is 15.9 Å². The van der Waals surface area contributed by atoms with Crippen LogP contribution in [0.3, 0.4) is 0 Å². The molecule has 0 fully saturated rings. The van der Waals surface area contributed by atoms with Gasteiger partial charge in [-0.15, -0.1) is 0 Å². The average Bonchev–Trinajstić information content (AvgIpc) is 2.33. The number of primary amides is 1. The van der Waals surface area contributed by atoms with Crippen molar-refractivity contribution in [3.63, 3.8) is 0 Å². The van der Waals surface area contributed by atoms with Gasteiger partial charge in [0.05, 0.1) is 0 Å². The number of ether oxygens (including phenoxy) is 1. The second kappa shape index (κ2) is 4.71. The monoisotopic (exact) mass is 294 g/mol. The molecule has 2 N–H and O–H groups in total. The van der Waals surface area contributed by atoms with Crippen molar-refractivity contribution in [2.45, 2.75) is 13.0 Å². The number of amides is 1. The summed E-state index contributed by atoms with van der Waals surface area (Å²) in [6, 6.07) is 7.38. The third-order valence-electron chi connectivity index (χ3n) is 2.38. The number of benzene rings is 1. The number of carbonyl (C=O) groups excluding carboxylic acids is 1. The van der Waals surface area contributed by atoms with E-state index in [2.05, 4.69) is 20.9 Å². The van der Waals surface area contributed by atoms with Gasteiger partial charge in [0.1, 0.15) is 11.3 Å². The predicted molar refractivity (Wildman–Crippen MR) is 68.7 cm³/mol. The molecule has 2 aromatic rings. The molecule has 0 bridgehead atoms. The van der Waals surface area contributed by atoms with Crippen molar-refractivity contribution < 1.29 is 9.53 Å². The quantitative estimate of drug-likeness (QED) is 0.944. The standard InChI is InChI=1S/C12H11BrN2O2/c1-7(12(14)16)17-10-5-4-9(13)8-3-2-6-15-11(8)10/h2-7H,1H3,(H2,14,16). The van der Waals surface area contributed by atoms with E-state index in [4.69, 9.17) is 10.5 Å². The lowest BCUT2D eigenvalue weighted by Crippen LogP contribution is -2.30. The molecule has 2 rings (SSSR count). The minimum atomic E-state index is -0.679. The van der Waals surface area contributed by atoms with Gasteiger partial charge in [-0.1, -0.05) is 22.0 Å². The molecule has 1 amide bonds. The highest BCUT2D eigenvalue weighted by molar-refractivity contribution is 9.10. The highest BCUT2D eigenvalue weighted by Crippen LogP contribution is 2.30. The lowest BCUT2D eigenvalue weighted by atomic mass is 10.2. The van der Waals surface area contributed by atoms with Crippen LogP contribution in [0.2, 0.25) is 0 Å². The van der Waals surface area contributed by atoms with Gasteiger partial charge in [-0.3, -0.25) is 9.78 Å². The molecule has 0 saturated heterocycles. The van der Waals surface area contributed by atoms with E-state index in [-0.39, 0.29) is 0 Å². The molecule has 4 nitrogen and oxygen atoms in total. The molecule has 0 saturated carbocycles. The molecule has 0 aliphatic rings. The van der Waals surface area contributed by atoms with Crippen LogP contribution in [-0.4, -0.2) is 17.0 Å². The smallest absolute Gasteiger partial charge is 0.258 e. The van der Waals surface area contributed by atoms with Crippen LogP contribution in [0, 0.1) is 0 Å². The summed E-state index contributed by atoms with van der Waals surface area (Å²) in [7, 11) is 0. The van der Waals surface area contributed by atoms with Crippen molar-refractivity contribution in [3.05, 3.63) is 34.9 Å². The number of nitrogens with two attached hydrogens (primary N) is 1. The van der Waals surface area contributed by atoms with Crippen LogP contribution in [0.25, 0.3) is 10.9 Å². The molecule has 0 aliphatic heterocycles. The molecule has 88 valence electrons. The third-order valence-corrected chi connectivity index (χ3v) is 3.08. The van der Waals surface area contributed by atoms with Crippen LogP contribution in [-0.2, 0) is 4.79 Å². The molecule has 1 heterocycles. The molecule has 1 aromatic carbocycles. The van der Waals surface area contributed by atoms with E-state index in [1.54, 1.807) is 19.2 Å². The zero-order chi connectivity index (χ0) is 12.4. The Morgan fingerprint density at radius 1 is 1.47 bits per heavy atom. The van der Waals surface area contributed by atoms with Crippen LogP contribution in [0.15, 0.2) is 34.9 Å². The summed E-state index contributed by atoms with van der Waals surface area (Å²) in [6.07, 6.45) is 0.998. The fourth-order valence-electron chi connectivity index (χ4n) is 1.46. The fourth-order valence-corrected chi connectivity index (χ4v) is 1.91. The molecule has 17 heavy (non-hydrogen) atoms. The first-order valence-corrected chi connectivity index (χ1v) is 5.88. The molecule has 1 atom stereocenters. The maximum Gasteiger partial charge on any atom is 0.258 e. The number of aromatic nitrogens is 1. The summed E-state index contributed by atoms with van der Waals surface area (Å²) in [6.45, 7) is 1.61. The summed E-state index contributed by atoms with van der Waals surface area (Å²) < 4.78 is 6.42. The highest BCUT2D eigenvalue weighted by Gasteiger charge is 2.13. The summed E-state index contributed by atoms with van der Waals surface area (Å²) in [4.78, 5) is 15.2. The molecular weight excluding hydrogens is 284 g/mol. The van der Waals surface area contributed by atoms with Gasteiger partial charge in [0.15, 0.2) is 6.10 Å². The number of pyridine rings is 1. The van der Waals surface area contributed by atoms with Gasteiger partial charge in [0.25, 0.3) is 5.91 Å². The van der Waals surface area contributed by atoms with E-state index in [0.717, 1.165) is 9.86 Å². The summed E-state index contributed by atoms with van der Waals surface area (Å²) in [5, 5.41) is 0.932. The Kier molecular flexibility index (Phi) is 3.28. The number of carbonyl (C=O) groups is 1. The molecule has 0 spiro atoms. The SMILES string of the molecule is CC(Oc1ccc(Br)c2cccnc12)C(N)=O. The van der Waals surface area contributed by atoms with E-state index < -0.39 is 12.0 Å². The number of halogens is 1. The number of nitrogens with zero attached hydrogens (tertiary/aromatic N) is 1. The van der Waals surface area contributed by atoms with Gasteiger partial charge in [0, 0.05) is 16.1 Å². The van der Waals surface area contributed by atoms with Crippen molar-refractivity contribution in [2.24, 2.45) is 5.73 Å². The van der Waals surface area contributed by atoms with Gasteiger partial charge in [-0.25, -0.2) is 0 Å². The minimum Gasteiger partial charge on any atom is -0.479 e. The lowest BCUT2D eigenvalue weighted by molar-refractivity contribution is -0.123. The largest absolute Gasteiger partial charge is 0.479 e. The van der Waals surface area contributed by atoms with Crippen LogP contribution in [0.1, 0.15) is 6.92 Å². The minimum absolute atomic E-state index is 0.503. The molecule has 1 aromatic heterocycles. The first-order valence-electron chi connectivity index (χ1n) is 5.09. The number of hydrogen-bond acceptors (Lipinski definition) is 3. The Morgan fingerprint density at radius 3 is 2.94 bits per heavy atom. The second-order valence-corrected chi connectivity index (χ2v) is 4.46. The van der Waals surface area contributed by atoms with Gasteiger partial charge < -0.3 is 10.5 Å². The maximum atomic E-state index is 11.0. The van der Waals surface area contributed by atoms with Crippen LogP contribution < -0.4 is 10.5 Å². The zero-order valence-electron chi connectivity index (χ0n) is 9.18. The van der Waals surface area contributed by atoms with Gasteiger partial charge in [-0.2, -0.15) is 0 Å². The number of hydrogen-bond donors (Lipinski definition) is 1. The lowest BCUT2D eigenvalue weighted by Gasteiger charge is -2.13. The Bertz CT molecular complexity index is 571. The van der Waals surface area contributed by atoms with Crippen molar-refractivity contribution in [2.75, 3.05) is 0 Å². The van der Waals surface area contributed by atoms with Crippen molar-refractivity contribution in [1.82, 2.24) is 4.98 Å². The Labute approximate surface area is 107 Å². The van der Waals surface area contributed by atoms with Crippen molar-refractivity contribution >= 4 is 32.7 Å². The summed E-state index contributed by atoms with van der Waals surface area (Å²) in [5.41, 5.74) is 5.87. The Morgan fingerprint density at radius 2 is 2.24 bits per heavy atom. The Hall–Kier alpha value is -1.62. The van der Waals surface area contributed by atoms with Crippen molar-refractivity contribution in [3.8, 4) is 5.75 Å². The summed E-state index contributed by atoms with van der Waals surface area (Å²) in [5.74, 6) is 0.0482. The molecule has 0 radical (unpaired) electrons. The predicted octanol–water partition coefficient (Wildman–Crippen LogP) is 2.25. The van der Waals surface area contributed by atoms with Gasteiger partial charge in [0.2, 0.25) is 0 Å².